The highest BCUT2D eigenvalue weighted by atomic mass is 35.5. The third-order valence-electron chi connectivity index (χ3n) is 2.61. The van der Waals surface area contributed by atoms with Crippen molar-refractivity contribution in [3.8, 4) is 11.3 Å². The molecule has 4 heteroatoms. The molecule has 0 aliphatic rings. The molecule has 0 aliphatic carbocycles. The van der Waals surface area contributed by atoms with Crippen molar-refractivity contribution in [1.82, 2.24) is 10.3 Å². The van der Waals surface area contributed by atoms with E-state index in [2.05, 4.69) is 10.3 Å². The minimum Gasteiger partial charge on any atom is -0.441 e. The summed E-state index contributed by atoms with van der Waals surface area (Å²) < 4.78 is 5.70. The van der Waals surface area contributed by atoms with Gasteiger partial charge in [0.05, 0.1) is 6.20 Å². The zero-order chi connectivity index (χ0) is 12.3. The number of halogens is 1. The van der Waals surface area contributed by atoms with Gasteiger partial charge >= 0.3 is 0 Å². The van der Waals surface area contributed by atoms with Crippen LogP contribution in [0.15, 0.2) is 28.8 Å². The number of hydrogen-bond donors (Lipinski definition) is 1. The molecule has 17 heavy (non-hydrogen) atoms. The summed E-state index contributed by atoms with van der Waals surface area (Å²) in [5.74, 6) is 1.52. The highest BCUT2D eigenvalue weighted by molar-refractivity contribution is 6.30. The van der Waals surface area contributed by atoms with Gasteiger partial charge in [-0.1, -0.05) is 17.7 Å². The Balaban J connectivity index is 2.27. The van der Waals surface area contributed by atoms with Gasteiger partial charge < -0.3 is 9.73 Å². The van der Waals surface area contributed by atoms with Crippen LogP contribution in [0.25, 0.3) is 11.3 Å². The molecule has 0 saturated carbocycles. The molecule has 0 spiro atoms. The van der Waals surface area contributed by atoms with Crippen LogP contribution in [0, 0.1) is 6.92 Å². The molecule has 2 rings (SSSR count). The summed E-state index contributed by atoms with van der Waals surface area (Å²) in [5.41, 5.74) is 2.13. The Morgan fingerprint density at radius 2 is 2.24 bits per heavy atom. The van der Waals surface area contributed by atoms with Crippen LogP contribution in [0.3, 0.4) is 0 Å². The van der Waals surface area contributed by atoms with E-state index in [0.717, 1.165) is 35.7 Å². The second-order valence-electron chi connectivity index (χ2n) is 3.93. The van der Waals surface area contributed by atoms with Crippen LogP contribution in [0.2, 0.25) is 5.02 Å². The summed E-state index contributed by atoms with van der Waals surface area (Å²) in [6.45, 7) is 2.88. The molecule has 1 aromatic heterocycles. The van der Waals surface area contributed by atoms with Gasteiger partial charge in [-0.05, 0) is 31.7 Å². The second-order valence-corrected chi connectivity index (χ2v) is 4.37. The zero-order valence-corrected chi connectivity index (χ0v) is 10.7. The first-order chi connectivity index (χ1) is 8.20. The zero-order valence-electron chi connectivity index (χ0n) is 9.96. The number of nitrogens with one attached hydrogen (secondary N) is 1. The molecule has 0 unspecified atom stereocenters. The maximum absolute atomic E-state index is 5.99. The predicted molar refractivity (Wildman–Crippen MR) is 69.3 cm³/mol. The SMILES string of the molecule is CNCCc1ncc(-c2cc(Cl)ccc2C)o1. The Bertz CT molecular complexity index is 508. The van der Waals surface area contributed by atoms with E-state index in [9.17, 15) is 0 Å². The van der Waals surface area contributed by atoms with Gasteiger partial charge in [0.2, 0.25) is 0 Å². The summed E-state index contributed by atoms with van der Waals surface area (Å²) in [6.07, 6.45) is 2.54. The largest absolute Gasteiger partial charge is 0.441 e. The molecule has 0 amide bonds. The smallest absolute Gasteiger partial charge is 0.196 e. The molecule has 0 saturated heterocycles. The molecule has 1 aromatic carbocycles. The fourth-order valence-electron chi connectivity index (χ4n) is 1.64. The molecule has 0 atom stereocenters. The first kappa shape index (κ1) is 12.1. The van der Waals surface area contributed by atoms with Crippen molar-refractivity contribution >= 4 is 11.6 Å². The van der Waals surface area contributed by atoms with Crippen molar-refractivity contribution < 1.29 is 4.42 Å². The normalized spacial score (nSPS) is 10.8. The molecule has 90 valence electrons. The third-order valence-corrected chi connectivity index (χ3v) is 2.84. The fourth-order valence-corrected chi connectivity index (χ4v) is 1.81. The van der Waals surface area contributed by atoms with E-state index in [4.69, 9.17) is 16.0 Å². The maximum Gasteiger partial charge on any atom is 0.196 e. The number of aromatic nitrogens is 1. The van der Waals surface area contributed by atoms with Crippen molar-refractivity contribution in [3.05, 3.63) is 40.9 Å². The van der Waals surface area contributed by atoms with Crippen LogP contribution in [-0.2, 0) is 6.42 Å². The third kappa shape index (κ3) is 2.87. The van der Waals surface area contributed by atoms with Crippen LogP contribution < -0.4 is 5.32 Å². The van der Waals surface area contributed by atoms with Gasteiger partial charge in [-0.25, -0.2) is 4.98 Å². The van der Waals surface area contributed by atoms with E-state index in [1.54, 1.807) is 6.20 Å². The lowest BCUT2D eigenvalue weighted by molar-refractivity contribution is 0.500. The molecule has 3 nitrogen and oxygen atoms in total. The monoisotopic (exact) mass is 250 g/mol. The van der Waals surface area contributed by atoms with Gasteiger partial charge in [-0.15, -0.1) is 0 Å². The predicted octanol–water partition coefficient (Wildman–Crippen LogP) is 3.07. The maximum atomic E-state index is 5.99. The van der Waals surface area contributed by atoms with Crippen LogP contribution in [0.5, 0.6) is 0 Å². The Kier molecular flexibility index (Phi) is 3.82. The van der Waals surface area contributed by atoms with Crippen molar-refractivity contribution in [2.75, 3.05) is 13.6 Å². The van der Waals surface area contributed by atoms with E-state index in [0.29, 0.717) is 5.02 Å². The highest BCUT2D eigenvalue weighted by Gasteiger charge is 2.09. The van der Waals surface area contributed by atoms with Gasteiger partial charge in [0, 0.05) is 23.6 Å². The molecule has 2 aromatic rings. The standard InChI is InChI=1S/C13H15ClN2O/c1-9-3-4-10(14)7-11(9)12-8-16-13(17-12)5-6-15-2/h3-4,7-8,15H,5-6H2,1-2H3. The minimum absolute atomic E-state index is 0.707. The van der Waals surface area contributed by atoms with E-state index >= 15 is 0 Å². The van der Waals surface area contributed by atoms with Crippen LogP contribution >= 0.6 is 11.6 Å². The average Bonchev–Trinajstić information content (AvgIpc) is 2.78. The van der Waals surface area contributed by atoms with Crippen LogP contribution in [-0.4, -0.2) is 18.6 Å². The van der Waals surface area contributed by atoms with E-state index in [1.165, 1.54) is 0 Å². The van der Waals surface area contributed by atoms with Gasteiger partial charge in [-0.3, -0.25) is 0 Å². The number of likely N-dealkylation sites (N-methyl/N-ethyl adjacent to an activating group) is 1. The topological polar surface area (TPSA) is 38.1 Å². The first-order valence-corrected chi connectivity index (χ1v) is 5.94. The summed E-state index contributed by atoms with van der Waals surface area (Å²) >= 11 is 5.99. The van der Waals surface area contributed by atoms with Crippen LogP contribution in [0.4, 0.5) is 0 Å². The summed E-state index contributed by atoms with van der Waals surface area (Å²) in [5, 5.41) is 3.77. The van der Waals surface area contributed by atoms with Gasteiger partial charge in [-0.2, -0.15) is 0 Å². The van der Waals surface area contributed by atoms with Gasteiger partial charge in [0.25, 0.3) is 0 Å². The summed E-state index contributed by atoms with van der Waals surface area (Å²) in [7, 11) is 1.91. The molecule has 1 heterocycles. The Morgan fingerprint density at radius 1 is 1.41 bits per heavy atom. The van der Waals surface area contributed by atoms with E-state index in [1.807, 2.05) is 32.2 Å². The molecule has 1 N–H and O–H groups in total. The second kappa shape index (κ2) is 5.34. The van der Waals surface area contributed by atoms with Crippen molar-refractivity contribution in [3.63, 3.8) is 0 Å². The van der Waals surface area contributed by atoms with E-state index in [-0.39, 0.29) is 0 Å². The lowest BCUT2D eigenvalue weighted by Crippen LogP contribution is -2.10. The number of rotatable bonds is 4. The number of nitrogens with zero attached hydrogens (tertiary/aromatic N) is 1. The van der Waals surface area contributed by atoms with Gasteiger partial charge in [0.1, 0.15) is 0 Å². The highest BCUT2D eigenvalue weighted by Crippen LogP contribution is 2.27. The molecule has 0 radical (unpaired) electrons. The number of oxazole rings is 1. The Hall–Kier alpha value is -1.32. The lowest BCUT2D eigenvalue weighted by atomic mass is 10.1. The number of benzene rings is 1. The molecular formula is C13H15ClN2O. The first-order valence-electron chi connectivity index (χ1n) is 5.56. The van der Waals surface area contributed by atoms with Gasteiger partial charge in [0.15, 0.2) is 11.7 Å². The number of aryl methyl sites for hydroxylation is 1. The summed E-state index contributed by atoms with van der Waals surface area (Å²) in [6, 6.07) is 5.76. The Labute approximate surface area is 106 Å². The van der Waals surface area contributed by atoms with Crippen molar-refractivity contribution in [1.29, 1.82) is 0 Å². The molecule has 0 aliphatic heterocycles. The van der Waals surface area contributed by atoms with Crippen molar-refractivity contribution in [2.24, 2.45) is 0 Å². The molecule has 0 bridgehead atoms. The molecular weight excluding hydrogens is 236 g/mol. The Morgan fingerprint density at radius 3 is 3.00 bits per heavy atom. The average molecular weight is 251 g/mol. The lowest BCUT2D eigenvalue weighted by Gasteiger charge is -2.02. The van der Waals surface area contributed by atoms with Crippen molar-refractivity contribution in [2.45, 2.75) is 13.3 Å². The minimum atomic E-state index is 0.707. The number of hydrogen-bond acceptors (Lipinski definition) is 3. The molecule has 0 fully saturated rings. The fraction of sp³-hybridized carbons (Fsp3) is 0.308. The summed E-state index contributed by atoms with van der Waals surface area (Å²) in [4.78, 5) is 4.25. The van der Waals surface area contributed by atoms with Crippen LogP contribution in [0.1, 0.15) is 11.5 Å². The quantitative estimate of drug-likeness (QED) is 0.906. The van der Waals surface area contributed by atoms with E-state index < -0.39 is 0 Å².